The predicted octanol–water partition coefficient (Wildman–Crippen LogP) is 6.53. The number of hydrogen-bond acceptors (Lipinski definition) is 8. The van der Waals surface area contributed by atoms with E-state index in [2.05, 4.69) is 36.6 Å². The van der Waals surface area contributed by atoms with Gasteiger partial charge in [-0.3, -0.25) is 19.8 Å². The molecule has 0 bridgehead atoms. The predicted molar refractivity (Wildman–Crippen MR) is 184 cm³/mol. The van der Waals surface area contributed by atoms with E-state index >= 15 is 0 Å². The highest BCUT2D eigenvalue weighted by molar-refractivity contribution is 6.10. The van der Waals surface area contributed by atoms with Gasteiger partial charge in [0, 0.05) is 28.4 Å². The lowest BCUT2D eigenvalue weighted by molar-refractivity contribution is -0.0184. The van der Waals surface area contributed by atoms with Crippen molar-refractivity contribution in [2.45, 2.75) is 46.6 Å². The summed E-state index contributed by atoms with van der Waals surface area (Å²) < 4.78 is 11.0. The van der Waals surface area contributed by atoms with Crippen molar-refractivity contribution in [1.29, 1.82) is 5.41 Å². The molecule has 0 aliphatic carbocycles. The zero-order valence-corrected chi connectivity index (χ0v) is 27.6. The van der Waals surface area contributed by atoms with Gasteiger partial charge in [0.15, 0.2) is 0 Å². The quantitative estimate of drug-likeness (QED) is 0.0488. The molecular weight excluding hydrogens is 610 g/mol. The lowest BCUT2D eigenvalue weighted by atomic mass is 9.81. The summed E-state index contributed by atoms with van der Waals surface area (Å²) in [6, 6.07) is 23.4. The van der Waals surface area contributed by atoms with Crippen LogP contribution in [0.5, 0.6) is 5.88 Å². The van der Waals surface area contributed by atoms with Crippen molar-refractivity contribution in [3.63, 3.8) is 0 Å². The largest absolute Gasteiger partial charge is 0.481 e. The summed E-state index contributed by atoms with van der Waals surface area (Å²) >= 11 is 0. The Morgan fingerprint density at radius 2 is 1.48 bits per heavy atom. The molecule has 0 saturated carbocycles. The number of hydrogen-bond donors (Lipinski definition) is 4. The Hall–Kier alpha value is -5.55. The topological polar surface area (TPSA) is 166 Å². The fraction of sp³-hybridized carbons (Fsp3) is 0.270. The molecule has 0 aliphatic rings. The molecule has 48 heavy (non-hydrogen) atoms. The smallest absolute Gasteiger partial charge is 0.339 e. The van der Waals surface area contributed by atoms with Crippen LogP contribution in [0.1, 0.15) is 82.4 Å². The minimum Gasteiger partial charge on any atom is -0.481 e. The molecular formula is C37H41N5O6. The maximum Gasteiger partial charge on any atom is 0.339 e. The van der Waals surface area contributed by atoms with Gasteiger partial charge in [-0.1, -0.05) is 57.2 Å². The highest BCUT2D eigenvalue weighted by Gasteiger charge is 2.26. The number of hydroxylamine groups is 1. The molecule has 1 heterocycles. The molecule has 250 valence electrons. The van der Waals surface area contributed by atoms with Crippen LogP contribution >= 0.6 is 0 Å². The molecule has 11 nitrogen and oxygen atoms in total. The Balaban J connectivity index is 1.70. The number of esters is 1. The first kappa shape index (κ1) is 35.3. The van der Waals surface area contributed by atoms with Gasteiger partial charge in [0.1, 0.15) is 18.1 Å². The van der Waals surface area contributed by atoms with Crippen LogP contribution in [0.2, 0.25) is 0 Å². The van der Waals surface area contributed by atoms with Gasteiger partial charge in [0.2, 0.25) is 5.88 Å². The van der Waals surface area contributed by atoms with Gasteiger partial charge in [-0.15, -0.1) is 0 Å². The molecule has 4 rings (SSSR count). The minimum absolute atomic E-state index is 0.00372. The third-order valence-electron chi connectivity index (χ3n) is 8.55. The molecule has 0 radical (unpaired) electrons. The summed E-state index contributed by atoms with van der Waals surface area (Å²) in [7, 11) is 1.43. The summed E-state index contributed by atoms with van der Waals surface area (Å²) in [5.41, 5.74) is 10.5. The lowest BCUT2D eigenvalue weighted by Crippen LogP contribution is -2.32. The summed E-state index contributed by atoms with van der Waals surface area (Å²) in [6.07, 6.45) is 2.70. The van der Waals surface area contributed by atoms with Crippen LogP contribution in [0.3, 0.4) is 0 Å². The van der Waals surface area contributed by atoms with E-state index in [1.165, 1.54) is 13.2 Å². The molecule has 11 heteroatoms. The maximum absolute atomic E-state index is 13.7. The van der Waals surface area contributed by atoms with Gasteiger partial charge in [-0.05, 0) is 78.3 Å². The van der Waals surface area contributed by atoms with E-state index in [1.54, 1.807) is 48.5 Å². The number of amides is 2. The number of nitrogens with zero attached hydrogens (tertiary/aromatic N) is 1. The Morgan fingerprint density at radius 1 is 0.833 bits per heavy atom. The Labute approximate surface area is 280 Å². The summed E-state index contributed by atoms with van der Waals surface area (Å²) in [5.74, 6) is -1.73. The number of anilines is 1. The molecule has 0 atom stereocenters. The Morgan fingerprint density at radius 3 is 2.10 bits per heavy atom. The number of nitrogens with one attached hydrogen (secondary N) is 3. The number of nitrogens with two attached hydrogens (primary N) is 1. The van der Waals surface area contributed by atoms with E-state index in [4.69, 9.17) is 25.5 Å². The highest BCUT2D eigenvalue weighted by Crippen LogP contribution is 2.32. The summed E-state index contributed by atoms with van der Waals surface area (Å²) in [5, 5.41) is 10.4. The van der Waals surface area contributed by atoms with Crippen molar-refractivity contribution in [2.75, 3.05) is 19.0 Å². The van der Waals surface area contributed by atoms with Gasteiger partial charge in [-0.25, -0.2) is 15.3 Å². The number of aromatic nitrogens is 1. The lowest BCUT2D eigenvalue weighted by Gasteiger charge is -2.29. The second-order valence-corrected chi connectivity index (χ2v) is 11.3. The van der Waals surface area contributed by atoms with Gasteiger partial charge >= 0.3 is 5.97 Å². The van der Waals surface area contributed by atoms with Gasteiger partial charge in [-0.2, -0.15) is 0 Å². The standard InChI is InChI=1S/C37H41N5O6/c1-5-37(6-2,7-3)23-48-42-34(43)26-15-18-28(30(21-26)36(45)47-22-24-11-9-8-10-12-24)29-19-20-31(46-4)41-32(29)35(44)40-27-16-13-25(14-17-27)33(38)39/h8-21H,5-7,22-23H2,1-4H3,(H3,38,39)(H,40,44)(H,42,43). The van der Waals surface area contributed by atoms with Crippen LogP contribution in [0.15, 0.2) is 84.9 Å². The number of ether oxygens (including phenoxy) is 2. The van der Waals surface area contributed by atoms with Crippen LogP contribution in [-0.2, 0) is 16.2 Å². The molecule has 1 aromatic heterocycles. The highest BCUT2D eigenvalue weighted by atomic mass is 16.7. The van der Waals surface area contributed by atoms with Gasteiger partial charge < -0.3 is 20.5 Å². The first-order valence-electron chi connectivity index (χ1n) is 15.7. The monoisotopic (exact) mass is 651 g/mol. The molecule has 0 fully saturated rings. The first-order valence-corrected chi connectivity index (χ1v) is 15.7. The fourth-order valence-corrected chi connectivity index (χ4v) is 5.13. The summed E-state index contributed by atoms with van der Waals surface area (Å²) in [4.78, 5) is 50.6. The zero-order chi connectivity index (χ0) is 34.7. The van der Waals surface area contributed by atoms with Crippen LogP contribution in [0.25, 0.3) is 11.1 Å². The maximum atomic E-state index is 13.7. The molecule has 0 spiro atoms. The molecule has 0 saturated heterocycles. The molecule has 2 amide bonds. The molecule has 5 N–H and O–H groups in total. The Bertz CT molecular complexity index is 1750. The van der Waals surface area contributed by atoms with Gasteiger partial charge in [0.05, 0.1) is 19.3 Å². The number of pyridine rings is 1. The number of carbonyl (C=O) groups excluding carboxylic acids is 3. The van der Waals surface area contributed by atoms with E-state index in [0.29, 0.717) is 29.0 Å². The van der Waals surface area contributed by atoms with Crippen molar-refractivity contribution < 1.29 is 28.7 Å². The Kier molecular flexibility index (Phi) is 12.0. The number of rotatable bonds is 15. The van der Waals surface area contributed by atoms with Crippen molar-refractivity contribution in [3.05, 3.63) is 113 Å². The summed E-state index contributed by atoms with van der Waals surface area (Å²) in [6.45, 7) is 6.63. The minimum atomic E-state index is -0.701. The van der Waals surface area contributed by atoms with Crippen molar-refractivity contribution in [2.24, 2.45) is 11.1 Å². The van der Waals surface area contributed by atoms with E-state index in [9.17, 15) is 14.4 Å². The van der Waals surface area contributed by atoms with Crippen LogP contribution in [0, 0.1) is 10.8 Å². The third-order valence-corrected chi connectivity index (χ3v) is 8.55. The number of amidine groups is 1. The third kappa shape index (κ3) is 8.62. The SMILES string of the molecule is CCC(CC)(CC)CONC(=O)c1ccc(-c2ccc(OC)nc2C(=O)Nc2ccc(C(=N)N)cc2)c(C(=O)OCc2ccccc2)c1. The van der Waals surface area contributed by atoms with Gasteiger partial charge in [0.25, 0.3) is 11.8 Å². The van der Waals surface area contributed by atoms with E-state index in [1.807, 2.05) is 30.3 Å². The van der Waals surface area contributed by atoms with Crippen molar-refractivity contribution in [1.82, 2.24) is 10.5 Å². The number of methoxy groups -OCH3 is 1. The first-order chi connectivity index (χ1) is 23.1. The van der Waals surface area contributed by atoms with Crippen LogP contribution < -0.4 is 21.3 Å². The molecule has 0 aliphatic heterocycles. The van der Waals surface area contributed by atoms with E-state index in [-0.39, 0.29) is 40.6 Å². The number of nitrogen functional groups attached to an aromatic ring is 1. The average Bonchev–Trinajstić information content (AvgIpc) is 3.12. The average molecular weight is 652 g/mol. The second kappa shape index (κ2) is 16.3. The molecule has 0 unspecified atom stereocenters. The number of benzene rings is 3. The second-order valence-electron chi connectivity index (χ2n) is 11.3. The van der Waals surface area contributed by atoms with Crippen molar-refractivity contribution >= 4 is 29.3 Å². The molecule has 4 aromatic rings. The number of carbonyl (C=O) groups is 3. The zero-order valence-electron chi connectivity index (χ0n) is 27.6. The van der Waals surface area contributed by atoms with Crippen molar-refractivity contribution in [3.8, 4) is 17.0 Å². The van der Waals surface area contributed by atoms with E-state index in [0.717, 1.165) is 24.8 Å². The normalized spacial score (nSPS) is 11.0. The van der Waals surface area contributed by atoms with Crippen LogP contribution in [0.4, 0.5) is 5.69 Å². The van der Waals surface area contributed by atoms with E-state index < -0.39 is 17.8 Å². The fourth-order valence-electron chi connectivity index (χ4n) is 5.13. The van der Waals surface area contributed by atoms with Crippen LogP contribution in [-0.4, -0.2) is 42.3 Å². The molecule has 3 aromatic carbocycles.